The van der Waals surface area contributed by atoms with E-state index in [0.29, 0.717) is 5.56 Å². The van der Waals surface area contributed by atoms with Gasteiger partial charge in [-0.1, -0.05) is 18.2 Å². The molecule has 0 saturated heterocycles. The highest BCUT2D eigenvalue weighted by Gasteiger charge is 2.46. The zero-order valence-corrected chi connectivity index (χ0v) is 11.4. The lowest BCUT2D eigenvalue weighted by Crippen LogP contribution is -2.36. The Balaban J connectivity index is 1.93. The lowest BCUT2D eigenvalue weighted by atomic mass is 9.74. The van der Waals surface area contributed by atoms with Crippen LogP contribution in [0.1, 0.15) is 31.2 Å². The van der Waals surface area contributed by atoms with Crippen LogP contribution in [0.25, 0.3) is 10.9 Å². The molecule has 2 nitrogen and oxygen atoms in total. The zero-order chi connectivity index (χ0) is 15.1. The van der Waals surface area contributed by atoms with Gasteiger partial charge in [0.05, 0.1) is 17.0 Å². The second-order valence-corrected chi connectivity index (χ2v) is 5.72. The average Bonchev–Trinajstić information content (AvgIpc) is 2.46. The average molecular weight is 295 g/mol. The predicted octanol–water partition coefficient (Wildman–Crippen LogP) is 4.17. The molecule has 0 aliphatic heterocycles. The van der Waals surface area contributed by atoms with Crippen LogP contribution in [0.2, 0.25) is 0 Å². The molecule has 2 aromatic rings. The fourth-order valence-electron chi connectivity index (χ4n) is 3.20. The molecular formula is C16H16F3NO. The molecule has 1 fully saturated rings. The highest BCUT2D eigenvalue weighted by atomic mass is 19.4. The maximum atomic E-state index is 12.8. The topological polar surface area (TPSA) is 33.1 Å². The van der Waals surface area contributed by atoms with E-state index in [1.165, 1.54) is 0 Å². The Kier molecular flexibility index (Phi) is 3.40. The van der Waals surface area contributed by atoms with Crippen LogP contribution < -0.4 is 0 Å². The van der Waals surface area contributed by atoms with Crippen LogP contribution in [0.15, 0.2) is 36.5 Å². The number of rotatable bonds is 1. The SMILES string of the molecule is OC1(c2cccc3ncccc23)CCC(C(F)(F)F)CC1. The van der Waals surface area contributed by atoms with Crippen molar-refractivity contribution >= 4 is 10.9 Å². The Labute approximate surface area is 120 Å². The van der Waals surface area contributed by atoms with Crippen molar-refractivity contribution in [3.05, 3.63) is 42.1 Å². The van der Waals surface area contributed by atoms with Gasteiger partial charge in [0.25, 0.3) is 0 Å². The Bertz CT molecular complexity index is 640. The third-order valence-electron chi connectivity index (χ3n) is 4.42. The highest BCUT2D eigenvalue weighted by molar-refractivity contribution is 5.82. The second kappa shape index (κ2) is 4.98. The van der Waals surface area contributed by atoms with Crippen LogP contribution >= 0.6 is 0 Å². The Morgan fingerprint density at radius 2 is 1.81 bits per heavy atom. The van der Waals surface area contributed by atoms with Gasteiger partial charge < -0.3 is 5.11 Å². The summed E-state index contributed by atoms with van der Waals surface area (Å²) in [6.07, 6.45) is -2.30. The molecule has 1 aliphatic rings. The summed E-state index contributed by atoms with van der Waals surface area (Å²) in [5.74, 6) is -1.30. The summed E-state index contributed by atoms with van der Waals surface area (Å²) in [6.45, 7) is 0. The third kappa shape index (κ3) is 2.62. The number of hydrogen-bond acceptors (Lipinski definition) is 2. The number of halogens is 3. The molecule has 1 aromatic heterocycles. The van der Waals surface area contributed by atoms with Gasteiger partial charge in [0.2, 0.25) is 0 Å². The lowest BCUT2D eigenvalue weighted by molar-refractivity contribution is -0.193. The molecule has 3 rings (SSSR count). The molecule has 0 atom stereocenters. The van der Waals surface area contributed by atoms with Crippen LogP contribution in [0.3, 0.4) is 0 Å². The highest BCUT2D eigenvalue weighted by Crippen LogP contribution is 2.46. The second-order valence-electron chi connectivity index (χ2n) is 5.72. The fourth-order valence-corrected chi connectivity index (χ4v) is 3.20. The van der Waals surface area contributed by atoms with Crippen molar-refractivity contribution in [2.75, 3.05) is 0 Å². The van der Waals surface area contributed by atoms with Crippen LogP contribution in [0.5, 0.6) is 0 Å². The van der Waals surface area contributed by atoms with Crippen LogP contribution in [0.4, 0.5) is 13.2 Å². The Morgan fingerprint density at radius 3 is 2.48 bits per heavy atom. The van der Waals surface area contributed by atoms with Gasteiger partial charge in [-0.25, -0.2) is 0 Å². The van der Waals surface area contributed by atoms with Gasteiger partial charge >= 0.3 is 6.18 Å². The van der Waals surface area contributed by atoms with E-state index in [1.54, 1.807) is 24.4 Å². The van der Waals surface area contributed by atoms with E-state index in [2.05, 4.69) is 4.98 Å². The lowest BCUT2D eigenvalue weighted by Gasteiger charge is -2.37. The van der Waals surface area contributed by atoms with Crippen LogP contribution in [-0.4, -0.2) is 16.3 Å². The molecule has 0 radical (unpaired) electrons. The number of benzene rings is 1. The summed E-state index contributed by atoms with van der Waals surface area (Å²) in [7, 11) is 0. The summed E-state index contributed by atoms with van der Waals surface area (Å²) in [6, 6.07) is 9.04. The number of fused-ring (bicyclic) bond motifs is 1. The van der Waals surface area contributed by atoms with E-state index in [4.69, 9.17) is 0 Å². The maximum Gasteiger partial charge on any atom is 0.391 e. The number of aliphatic hydroxyl groups is 1. The molecule has 21 heavy (non-hydrogen) atoms. The molecule has 1 aliphatic carbocycles. The van der Waals surface area contributed by atoms with E-state index in [-0.39, 0.29) is 25.7 Å². The number of pyridine rings is 1. The fraction of sp³-hybridized carbons (Fsp3) is 0.438. The molecule has 5 heteroatoms. The van der Waals surface area contributed by atoms with Gasteiger partial charge in [-0.3, -0.25) is 4.98 Å². The minimum Gasteiger partial charge on any atom is -0.385 e. The van der Waals surface area contributed by atoms with Gasteiger partial charge in [-0.15, -0.1) is 0 Å². The zero-order valence-electron chi connectivity index (χ0n) is 11.4. The van der Waals surface area contributed by atoms with E-state index < -0.39 is 17.7 Å². The quantitative estimate of drug-likeness (QED) is 0.856. The first-order valence-electron chi connectivity index (χ1n) is 7.03. The number of aromatic nitrogens is 1. The van der Waals surface area contributed by atoms with Crippen molar-refractivity contribution in [2.45, 2.75) is 37.5 Å². The van der Waals surface area contributed by atoms with Gasteiger partial charge in [0.15, 0.2) is 0 Å². The molecule has 1 aromatic carbocycles. The van der Waals surface area contributed by atoms with Crippen molar-refractivity contribution in [2.24, 2.45) is 5.92 Å². The van der Waals surface area contributed by atoms with Crippen molar-refractivity contribution in [1.29, 1.82) is 0 Å². The van der Waals surface area contributed by atoms with Crippen molar-refractivity contribution in [3.63, 3.8) is 0 Å². The number of nitrogens with zero attached hydrogens (tertiary/aromatic N) is 1. The van der Waals surface area contributed by atoms with E-state index >= 15 is 0 Å². The normalized spacial score (nSPS) is 27.0. The maximum absolute atomic E-state index is 12.8. The van der Waals surface area contributed by atoms with Crippen molar-refractivity contribution in [3.8, 4) is 0 Å². The van der Waals surface area contributed by atoms with Crippen molar-refractivity contribution < 1.29 is 18.3 Å². The van der Waals surface area contributed by atoms with Crippen LogP contribution in [0, 0.1) is 5.92 Å². The molecule has 1 heterocycles. The van der Waals surface area contributed by atoms with Crippen LogP contribution in [-0.2, 0) is 5.60 Å². The summed E-state index contributed by atoms with van der Waals surface area (Å²) < 4.78 is 38.3. The molecule has 1 N–H and O–H groups in total. The summed E-state index contributed by atoms with van der Waals surface area (Å²) in [5, 5.41) is 11.6. The van der Waals surface area contributed by atoms with E-state index in [9.17, 15) is 18.3 Å². The Hall–Kier alpha value is -1.62. The first-order valence-corrected chi connectivity index (χ1v) is 7.03. The van der Waals surface area contributed by atoms with Gasteiger partial charge in [0.1, 0.15) is 0 Å². The molecular weight excluding hydrogens is 279 g/mol. The molecule has 1 saturated carbocycles. The smallest absolute Gasteiger partial charge is 0.385 e. The van der Waals surface area contributed by atoms with Gasteiger partial charge in [-0.2, -0.15) is 13.2 Å². The number of hydrogen-bond donors (Lipinski definition) is 1. The molecule has 0 bridgehead atoms. The molecule has 0 amide bonds. The molecule has 0 spiro atoms. The summed E-state index contributed by atoms with van der Waals surface area (Å²) in [4.78, 5) is 4.23. The first-order chi connectivity index (χ1) is 9.90. The van der Waals surface area contributed by atoms with E-state index in [0.717, 1.165) is 10.9 Å². The minimum absolute atomic E-state index is 0.0311. The van der Waals surface area contributed by atoms with Gasteiger partial charge in [-0.05, 0) is 43.4 Å². The monoisotopic (exact) mass is 295 g/mol. The minimum atomic E-state index is -4.17. The Morgan fingerprint density at radius 1 is 1.10 bits per heavy atom. The van der Waals surface area contributed by atoms with Gasteiger partial charge in [0, 0.05) is 11.6 Å². The van der Waals surface area contributed by atoms with E-state index in [1.807, 2.05) is 12.1 Å². The standard InChI is InChI=1S/C16H16F3NO/c17-16(18,19)11-6-8-15(21,9-7-11)13-4-1-5-14-12(13)3-2-10-20-14/h1-5,10-11,21H,6-9H2. The number of alkyl halides is 3. The third-order valence-corrected chi connectivity index (χ3v) is 4.42. The largest absolute Gasteiger partial charge is 0.391 e. The molecule has 112 valence electrons. The summed E-state index contributed by atoms with van der Waals surface area (Å²) in [5.41, 5.74) is 0.250. The van der Waals surface area contributed by atoms with Crippen molar-refractivity contribution in [1.82, 2.24) is 4.98 Å². The first kappa shape index (κ1) is 14.3. The predicted molar refractivity (Wildman–Crippen MR) is 73.7 cm³/mol. The summed E-state index contributed by atoms with van der Waals surface area (Å²) >= 11 is 0. The molecule has 0 unspecified atom stereocenters.